The minimum Gasteiger partial charge on any atom is -0.491 e. The van der Waals surface area contributed by atoms with E-state index in [9.17, 15) is 5.11 Å². The summed E-state index contributed by atoms with van der Waals surface area (Å²) in [6, 6.07) is 13.9. The molecule has 39 heavy (non-hydrogen) atoms. The molecule has 0 bridgehead atoms. The van der Waals surface area contributed by atoms with Gasteiger partial charge in [-0.3, -0.25) is 0 Å². The van der Waals surface area contributed by atoms with Crippen molar-refractivity contribution in [2.45, 2.75) is 25.0 Å². The Morgan fingerprint density at radius 2 is 1.82 bits per heavy atom. The molecule has 208 valence electrons. The van der Waals surface area contributed by atoms with Gasteiger partial charge in [0.25, 0.3) is 0 Å². The third kappa shape index (κ3) is 6.99. The Morgan fingerprint density at radius 1 is 1.03 bits per heavy atom. The molecule has 2 aromatic heterocycles. The highest BCUT2D eigenvalue weighted by Gasteiger charge is 2.22. The van der Waals surface area contributed by atoms with Crippen LogP contribution in [0.3, 0.4) is 0 Å². The number of rotatable bonds is 10. The lowest BCUT2D eigenvalue weighted by Crippen LogP contribution is -2.37. The van der Waals surface area contributed by atoms with Gasteiger partial charge in [-0.2, -0.15) is 0 Å². The largest absolute Gasteiger partial charge is 0.491 e. The van der Waals surface area contributed by atoms with Gasteiger partial charge in [0.1, 0.15) is 30.0 Å². The van der Waals surface area contributed by atoms with Crippen LogP contribution >= 0.6 is 0 Å². The van der Waals surface area contributed by atoms with Gasteiger partial charge in [-0.15, -0.1) is 10.2 Å². The first-order chi connectivity index (χ1) is 19.1. The number of morpholine rings is 1. The molecule has 5 rings (SSSR count). The summed E-state index contributed by atoms with van der Waals surface area (Å²) in [5.74, 6) is 2.87. The van der Waals surface area contributed by atoms with Crippen LogP contribution in [0.1, 0.15) is 12.8 Å². The third-order valence-electron chi connectivity index (χ3n) is 7.03. The van der Waals surface area contributed by atoms with Crippen molar-refractivity contribution < 1.29 is 19.3 Å². The Balaban J connectivity index is 1.45. The average Bonchev–Trinajstić information content (AvgIpc) is 3.01. The minimum absolute atomic E-state index is 0.189. The number of likely N-dealkylation sites (N-methyl/N-ethyl adjacent to an activating group) is 1. The Hall–Kier alpha value is -3.38. The Bertz CT molecular complexity index is 1200. The van der Waals surface area contributed by atoms with E-state index < -0.39 is 6.10 Å². The summed E-state index contributed by atoms with van der Waals surface area (Å²) in [5.41, 5.74) is 2.20. The van der Waals surface area contributed by atoms with E-state index in [0.717, 1.165) is 56.3 Å². The number of aliphatic hydroxyl groups excluding tert-OH is 1. The lowest BCUT2D eigenvalue weighted by Gasteiger charge is -2.32. The zero-order chi connectivity index (χ0) is 27.0. The van der Waals surface area contributed by atoms with Gasteiger partial charge in [-0.1, -0.05) is 12.1 Å². The average molecular weight is 536 g/mol. The van der Waals surface area contributed by atoms with Gasteiger partial charge in [0.15, 0.2) is 11.6 Å². The summed E-state index contributed by atoms with van der Waals surface area (Å²) < 4.78 is 16.9. The van der Waals surface area contributed by atoms with Gasteiger partial charge < -0.3 is 34.4 Å². The van der Waals surface area contributed by atoms with Crippen LogP contribution < -0.4 is 19.9 Å². The van der Waals surface area contributed by atoms with E-state index in [-0.39, 0.29) is 6.61 Å². The van der Waals surface area contributed by atoms with Gasteiger partial charge in [0.05, 0.1) is 18.9 Å². The summed E-state index contributed by atoms with van der Waals surface area (Å²) in [4.78, 5) is 14.2. The molecule has 0 radical (unpaired) electrons. The number of ether oxygens (including phenoxy) is 3. The predicted octanol–water partition coefficient (Wildman–Crippen LogP) is 2.01. The SMILES string of the molecule is CNCC(O)COc1cccc(-c2nc(-c3ccc(N4CCOCC4)nn3)cc(N(C)C3CCOCC3)n2)c1. The number of aromatic nitrogens is 4. The lowest BCUT2D eigenvalue weighted by molar-refractivity contribution is 0.0853. The number of nitrogens with one attached hydrogen (secondary N) is 1. The highest BCUT2D eigenvalue weighted by Crippen LogP contribution is 2.29. The maximum absolute atomic E-state index is 10.0. The normalized spacial score (nSPS) is 17.2. The Labute approximate surface area is 229 Å². The molecule has 2 N–H and O–H groups in total. The van der Waals surface area contributed by atoms with Gasteiger partial charge in [0, 0.05) is 57.6 Å². The van der Waals surface area contributed by atoms with Crippen LogP contribution in [0.5, 0.6) is 5.75 Å². The number of benzene rings is 1. The molecule has 1 aromatic carbocycles. The van der Waals surface area contributed by atoms with Crippen molar-refractivity contribution in [2.24, 2.45) is 0 Å². The van der Waals surface area contributed by atoms with Crippen molar-refractivity contribution in [3.8, 4) is 28.5 Å². The highest BCUT2D eigenvalue weighted by atomic mass is 16.5. The summed E-state index contributed by atoms with van der Waals surface area (Å²) in [6.07, 6.45) is 1.28. The second kappa shape index (κ2) is 13.1. The second-order valence-electron chi connectivity index (χ2n) is 9.82. The van der Waals surface area contributed by atoms with Crippen LogP contribution in [-0.2, 0) is 9.47 Å². The number of aliphatic hydroxyl groups is 1. The standard InChI is InChI=1S/C28H37N7O4/c1-29-18-22(36)19-39-23-5-3-4-20(16-23)28-30-25(17-27(31-28)34(2)21-8-12-37-13-9-21)24-6-7-26(33-32-24)35-10-14-38-15-11-35/h3-7,16-17,21-22,29,36H,8-15,18-19H2,1-2H3. The van der Waals surface area contributed by atoms with Crippen molar-refractivity contribution in [3.63, 3.8) is 0 Å². The van der Waals surface area contributed by atoms with Crippen molar-refractivity contribution in [1.29, 1.82) is 0 Å². The first-order valence-corrected chi connectivity index (χ1v) is 13.5. The lowest BCUT2D eigenvalue weighted by atomic mass is 10.1. The molecule has 2 saturated heterocycles. The van der Waals surface area contributed by atoms with Crippen LogP contribution in [-0.4, -0.2) is 104 Å². The molecule has 1 unspecified atom stereocenters. The van der Waals surface area contributed by atoms with Crippen LogP contribution in [0.2, 0.25) is 0 Å². The topological polar surface area (TPSA) is 118 Å². The van der Waals surface area contributed by atoms with E-state index in [1.165, 1.54) is 0 Å². The molecule has 0 spiro atoms. The molecule has 4 heterocycles. The minimum atomic E-state index is -0.600. The molecule has 0 saturated carbocycles. The molecular formula is C28H37N7O4. The second-order valence-corrected chi connectivity index (χ2v) is 9.82. The Kier molecular flexibility index (Phi) is 9.15. The Morgan fingerprint density at radius 3 is 2.56 bits per heavy atom. The first kappa shape index (κ1) is 27.2. The van der Waals surface area contributed by atoms with Crippen LogP contribution in [0, 0.1) is 0 Å². The van der Waals surface area contributed by atoms with E-state index in [1.807, 2.05) is 42.5 Å². The molecule has 0 amide bonds. The molecule has 2 aliphatic heterocycles. The zero-order valence-corrected chi connectivity index (χ0v) is 22.6. The van der Waals surface area contributed by atoms with Gasteiger partial charge in [0.2, 0.25) is 0 Å². The van der Waals surface area contributed by atoms with E-state index in [0.29, 0.717) is 48.8 Å². The quantitative estimate of drug-likeness (QED) is 0.397. The number of anilines is 2. The number of hydrogen-bond donors (Lipinski definition) is 2. The summed E-state index contributed by atoms with van der Waals surface area (Å²) in [7, 11) is 3.87. The van der Waals surface area contributed by atoms with Crippen molar-refractivity contribution >= 4 is 11.6 Å². The fourth-order valence-corrected chi connectivity index (χ4v) is 4.77. The van der Waals surface area contributed by atoms with Crippen molar-refractivity contribution in [1.82, 2.24) is 25.5 Å². The predicted molar refractivity (Wildman–Crippen MR) is 149 cm³/mol. The highest BCUT2D eigenvalue weighted by molar-refractivity contribution is 5.67. The third-order valence-corrected chi connectivity index (χ3v) is 7.03. The molecular weight excluding hydrogens is 498 g/mol. The summed E-state index contributed by atoms with van der Waals surface area (Å²) in [6.45, 7) is 5.12. The maximum Gasteiger partial charge on any atom is 0.162 e. The van der Waals surface area contributed by atoms with Gasteiger partial charge in [-0.05, 0) is 44.2 Å². The number of hydrogen-bond acceptors (Lipinski definition) is 11. The van der Waals surface area contributed by atoms with Crippen molar-refractivity contribution in [2.75, 3.05) is 76.6 Å². The monoisotopic (exact) mass is 535 g/mol. The fourth-order valence-electron chi connectivity index (χ4n) is 4.77. The van der Waals surface area contributed by atoms with E-state index in [4.69, 9.17) is 24.2 Å². The first-order valence-electron chi connectivity index (χ1n) is 13.5. The van der Waals surface area contributed by atoms with E-state index >= 15 is 0 Å². The molecule has 2 aliphatic rings. The molecule has 11 heteroatoms. The van der Waals surface area contributed by atoms with Crippen LogP contribution in [0.15, 0.2) is 42.5 Å². The maximum atomic E-state index is 10.0. The van der Waals surface area contributed by atoms with Gasteiger partial charge in [-0.25, -0.2) is 9.97 Å². The van der Waals surface area contributed by atoms with Crippen LogP contribution in [0.4, 0.5) is 11.6 Å². The summed E-state index contributed by atoms with van der Waals surface area (Å²) >= 11 is 0. The molecule has 3 aromatic rings. The molecule has 11 nitrogen and oxygen atoms in total. The molecule has 2 fully saturated rings. The zero-order valence-electron chi connectivity index (χ0n) is 22.6. The van der Waals surface area contributed by atoms with Gasteiger partial charge >= 0.3 is 0 Å². The van der Waals surface area contributed by atoms with Crippen LogP contribution in [0.25, 0.3) is 22.8 Å². The fraction of sp³-hybridized carbons (Fsp3) is 0.500. The van der Waals surface area contributed by atoms with E-state index in [2.05, 4.69) is 32.4 Å². The van der Waals surface area contributed by atoms with Crippen molar-refractivity contribution in [3.05, 3.63) is 42.5 Å². The van der Waals surface area contributed by atoms with E-state index in [1.54, 1.807) is 7.05 Å². The smallest absolute Gasteiger partial charge is 0.162 e. The molecule has 0 aliphatic carbocycles. The summed E-state index contributed by atoms with van der Waals surface area (Å²) in [5, 5.41) is 22.0. The molecule has 1 atom stereocenters. The number of nitrogens with zero attached hydrogens (tertiary/aromatic N) is 6.